The molecule has 0 radical (unpaired) electrons. The van der Waals surface area contributed by atoms with Crippen molar-refractivity contribution < 1.29 is 0 Å². The molecule has 3 rings (SSSR count). The molecule has 3 nitrogen and oxygen atoms in total. The zero-order valence-corrected chi connectivity index (χ0v) is 10.5. The molecular formula is C14H10ClN3. The van der Waals surface area contributed by atoms with Crippen molar-refractivity contribution in [3.63, 3.8) is 0 Å². The number of hydrogen-bond donors (Lipinski definition) is 0. The highest BCUT2D eigenvalue weighted by atomic mass is 35.5. The molecule has 2 heterocycles. The first-order valence-corrected chi connectivity index (χ1v) is 5.96. The topological polar surface area (TPSA) is 38.7 Å². The molecule has 3 aromatic rings. The molecule has 1 aromatic carbocycles. The Labute approximate surface area is 109 Å². The van der Waals surface area contributed by atoms with Gasteiger partial charge in [-0.05, 0) is 42.8 Å². The zero-order valence-electron chi connectivity index (χ0n) is 9.76. The van der Waals surface area contributed by atoms with Gasteiger partial charge in [-0.15, -0.1) is 0 Å². The number of nitrogens with zero attached hydrogens (tertiary/aromatic N) is 3. The fourth-order valence-corrected chi connectivity index (χ4v) is 2.14. The Morgan fingerprint density at radius 3 is 2.78 bits per heavy atom. The van der Waals surface area contributed by atoms with Crippen LogP contribution in [0.25, 0.3) is 22.2 Å². The summed E-state index contributed by atoms with van der Waals surface area (Å²) in [6, 6.07) is 11.9. The maximum atomic E-state index is 5.88. The molecule has 0 spiro atoms. The highest BCUT2D eigenvalue weighted by molar-refractivity contribution is 6.28. The molecule has 0 aliphatic rings. The molecule has 4 heteroatoms. The second kappa shape index (κ2) is 4.35. The third-order valence-corrected chi connectivity index (χ3v) is 2.89. The van der Waals surface area contributed by atoms with Crippen LogP contribution in [0, 0.1) is 6.92 Å². The number of halogens is 1. The third-order valence-electron chi connectivity index (χ3n) is 2.73. The van der Waals surface area contributed by atoms with Crippen LogP contribution in [0.1, 0.15) is 5.69 Å². The van der Waals surface area contributed by atoms with Crippen LogP contribution >= 0.6 is 11.6 Å². The van der Waals surface area contributed by atoms with Gasteiger partial charge < -0.3 is 0 Å². The second-order valence-electron chi connectivity index (χ2n) is 4.07. The van der Waals surface area contributed by atoms with Crippen molar-refractivity contribution >= 4 is 22.5 Å². The van der Waals surface area contributed by atoms with Crippen molar-refractivity contribution in [1.82, 2.24) is 15.0 Å². The number of fused-ring (bicyclic) bond motifs is 1. The monoisotopic (exact) mass is 255 g/mol. The molecule has 0 aliphatic carbocycles. The lowest BCUT2D eigenvalue weighted by Gasteiger charge is -2.04. The lowest BCUT2D eigenvalue weighted by atomic mass is 10.1. The Bertz CT molecular complexity index is 705. The minimum atomic E-state index is 0.274. The summed E-state index contributed by atoms with van der Waals surface area (Å²) < 4.78 is 0. The van der Waals surface area contributed by atoms with Crippen molar-refractivity contribution in [3.05, 3.63) is 53.6 Å². The van der Waals surface area contributed by atoms with E-state index in [0.29, 0.717) is 0 Å². The number of pyridine rings is 1. The summed E-state index contributed by atoms with van der Waals surface area (Å²) in [5.74, 6) is 0. The minimum Gasteiger partial charge on any atom is -0.256 e. The molecule has 0 bridgehead atoms. The van der Waals surface area contributed by atoms with Crippen molar-refractivity contribution in [3.8, 4) is 11.3 Å². The molecule has 0 aliphatic heterocycles. The van der Waals surface area contributed by atoms with Crippen LogP contribution in [0.3, 0.4) is 0 Å². The molecule has 0 atom stereocenters. The van der Waals surface area contributed by atoms with Gasteiger partial charge >= 0.3 is 0 Å². The molecule has 18 heavy (non-hydrogen) atoms. The van der Waals surface area contributed by atoms with Crippen LogP contribution in [0.5, 0.6) is 0 Å². The van der Waals surface area contributed by atoms with E-state index in [1.807, 2.05) is 37.3 Å². The van der Waals surface area contributed by atoms with Gasteiger partial charge in [-0.2, -0.15) is 0 Å². The van der Waals surface area contributed by atoms with E-state index in [9.17, 15) is 0 Å². The smallest absolute Gasteiger partial charge is 0.223 e. The first kappa shape index (κ1) is 11.1. The highest BCUT2D eigenvalue weighted by Crippen LogP contribution is 2.23. The molecular weight excluding hydrogens is 246 g/mol. The normalized spacial score (nSPS) is 10.8. The molecule has 0 saturated heterocycles. The zero-order chi connectivity index (χ0) is 12.5. The Morgan fingerprint density at radius 1 is 1.06 bits per heavy atom. The molecule has 0 saturated carbocycles. The first-order chi connectivity index (χ1) is 8.72. The lowest BCUT2D eigenvalue weighted by Crippen LogP contribution is -1.91. The molecule has 88 valence electrons. The standard InChI is InChI=1S/C14H10ClN3/c1-9-7-13(18-14(15)17-9)11-4-5-12-10(8-11)3-2-6-16-12/h2-8H,1H3. The quantitative estimate of drug-likeness (QED) is 0.623. The van der Waals surface area contributed by atoms with Crippen LogP contribution in [-0.4, -0.2) is 15.0 Å². The molecule has 0 N–H and O–H groups in total. The maximum absolute atomic E-state index is 5.88. The highest BCUT2D eigenvalue weighted by Gasteiger charge is 2.04. The van der Waals surface area contributed by atoms with Gasteiger partial charge in [0, 0.05) is 22.8 Å². The van der Waals surface area contributed by atoms with Gasteiger partial charge in [0.15, 0.2) is 0 Å². The van der Waals surface area contributed by atoms with E-state index < -0.39 is 0 Å². The largest absolute Gasteiger partial charge is 0.256 e. The summed E-state index contributed by atoms with van der Waals surface area (Å²) >= 11 is 5.88. The SMILES string of the molecule is Cc1cc(-c2ccc3ncccc3c2)nc(Cl)n1. The fourth-order valence-electron chi connectivity index (χ4n) is 1.92. The van der Waals surface area contributed by atoms with Crippen molar-refractivity contribution in [2.24, 2.45) is 0 Å². The number of hydrogen-bond acceptors (Lipinski definition) is 3. The van der Waals surface area contributed by atoms with Gasteiger partial charge in [-0.1, -0.05) is 12.1 Å². The van der Waals surface area contributed by atoms with E-state index in [-0.39, 0.29) is 5.28 Å². The molecule has 0 fully saturated rings. The Morgan fingerprint density at radius 2 is 1.94 bits per heavy atom. The van der Waals surface area contributed by atoms with Gasteiger partial charge in [-0.25, -0.2) is 9.97 Å². The van der Waals surface area contributed by atoms with Gasteiger partial charge in [0.1, 0.15) is 0 Å². The predicted molar refractivity (Wildman–Crippen MR) is 72.5 cm³/mol. The Balaban J connectivity index is 2.19. The van der Waals surface area contributed by atoms with Gasteiger partial charge in [0.25, 0.3) is 0 Å². The van der Waals surface area contributed by atoms with Crippen molar-refractivity contribution in [2.75, 3.05) is 0 Å². The van der Waals surface area contributed by atoms with Crippen LogP contribution in [0.15, 0.2) is 42.6 Å². The average Bonchev–Trinajstić information content (AvgIpc) is 2.37. The average molecular weight is 256 g/mol. The fraction of sp³-hybridized carbons (Fsp3) is 0.0714. The summed E-state index contributed by atoms with van der Waals surface area (Å²) in [5.41, 5.74) is 3.68. The first-order valence-electron chi connectivity index (χ1n) is 5.59. The second-order valence-corrected chi connectivity index (χ2v) is 4.41. The number of benzene rings is 1. The van der Waals surface area contributed by atoms with Crippen LogP contribution < -0.4 is 0 Å². The molecule has 0 amide bonds. The summed E-state index contributed by atoms with van der Waals surface area (Å²) in [6.07, 6.45) is 1.79. The summed E-state index contributed by atoms with van der Waals surface area (Å²) in [7, 11) is 0. The number of rotatable bonds is 1. The molecule has 0 unspecified atom stereocenters. The number of aromatic nitrogens is 3. The van der Waals surface area contributed by atoms with E-state index in [1.54, 1.807) is 6.20 Å². The summed E-state index contributed by atoms with van der Waals surface area (Å²) in [6.45, 7) is 1.90. The number of aryl methyl sites for hydroxylation is 1. The van der Waals surface area contributed by atoms with E-state index in [0.717, 1.165) is 27.9 Å². The third kappa shape index (κ3) is 2.05. The van der Waals surface area contributed by atoms with Crippen molar-refractivity contribution in [1.29, 1.82) is 0 Å². The van der Waals surface area contributed by atoms with E-state index in [4.69, 9.17) is 11.6 Å². The summed E-state index contributed by atoms with van der Waals surface area (Å²) in [4.78, 5) is 12.6. The van der Waals surface area contributed by atoms with Gasteiger partial charge in [0.05, 0.1) is 11.2 Å². The maximum Gasteiger partial charge on any atom is 0.223 e. The predicted octanol–water partition coefficient (Wildman–Crippen LogP) is 3.65. The Hall–Kier alpha value is -2.00. The molecule has 2 aromatic heterocycles. The van der Waals surface area contributed by atoms with Crippen LogP contribution in [0.4, 0.5) is 0 Å². The van der Waals surface area contributed by atoms with Crippen molar-refractivity contribution in [2.45, 2.75) is 6.92 Å². The van der Waals surface area contributed by atoms with Gasteiger partial charge in [0.2, 0.25) is 5.28 Å². The van der Waals surface area contributed by atoms with E-state index in [1.165, 1.54) is 0 Å². The van der Waals surface area contributed by atoms with Crippen LogP contribution in [-0.2, 0) is 0 Å². The lowest BCUT2D eigenvalue weighted by molar-refractivity contribution is 1.11. The van der Waals surface area contributed by atoms with Gasteiger partial charge in [-0.3, -0.25) is 4.98 Å². The minimum absolute atomic E-state index is 0.274. The Kier molecular flexibility index (Phi) is 2.68. The summed E-state index contributed by atoms with van der Waals surface area (Å²) in [5, 5.41) is 1.36. The van der Waals surface area contributed by atoms with Crippen LogP contribution in [0.2, 0.25) is 5.28 Å². The van der Waals surface area contributed by atoms with E-state index in [2.05, 4.69) is 21.0 Å². The van der Waals surface area contributed by atoms with E-state index >= 15 is 0 Å².